The molecule has 3 heterocycles. The van der Waals surface area contributed by atoms with Crippen molar-refractivity contribution in [3.63, 3.8) is 0 Å². The zero-order valence-electron chi connectivity index (χ0n) is 15.2. The van der Waals surface area contributed by atoms with Gasteiger partial charge >= 0.3 is 0 Å². The maximum atomic E-state index is 13.9. The highest BCUT2D eigenvalue weighted by molar-refractivity contribution is 5.85. The van der Waals surface area contributed by atoms with E-state index in [1.165, 1.54) is 6.07 Å². The lowest BCUT2D eigenvalue weighted by molar-refractivity contribution is -0.140. The summed E-state index contributed by atoms with van der Waals surface area (Å²) in [5.74, 6) is -1.07. The molecule has 1 aromatic carbocycles. The van der Waals surface area contributed by atoms with E-state index in [0.29, 0.717) is 16.9 Å². The van der Waals surface area contributed by atoms with Crippen molar-refractivity contribution in [1.29, 1.82) is 0 Å². The van der Waals surface area contributed by atoms with Crippen LogP contribution in [-0.2, 0) is 15.9 Å². The number of aromatic nitrogens is 1. The van der Waals surface area contributed by atoms with Crippen molar-refractivity contribution < 1.29 is 18.3 Å². The minimum absolute atomic E-state index is 0.0306. The summed E-state index contributed by atoms with van der Waals surface area (Å²) in [6.07, 6.45) is 4.67. The van der Waals surface area contributed by atoms with Crippen LogP contribution in [0.1, 0.15) is 36.9 Å². The molecular weight excluding hydrogens is 338 g/mol. The summed E-state index contributed by atoms with van der Waals surface area (Å²) in [4.78, 5) is 3.05. The Hall–Kier alpha value is -1.50. The number of aromatic amines is 1. The van der Waals surface area contributed by atoms with E-state index in [4.69, 9.17) is 9.47 Å². The summed E-state index contributed by atoms with van der Waals surface area (Å²) in [5.41, 5.74) is 2.25. The maximum absolute atomic E-state index is 13.9. The van der Waals surface area contributed by atoms with Crippen LogP contribution in [0.5, 0.6) is 0 Å². The second-order valence-corrected chi connectivity index (χ2v) is 7.58. The molecule has 2 aromatic rings. The van der Waals surface area contributed by atoms with Crippen LogP contribution < -0.4 is 5.32 Å². The molecule has 2 aliphatic heterocycles. The van der Waals surface area contributed by atoms with E-state index in [0.717, 1.165) is 75.8 Å². The molecule has 1 aromatic heterocycles. The van der Waals surface area contributed by atoms with Gasteiger partial charge in [0.25, 0.3) is 0 Å². The number of benzene rings is 1. The molecule has 4 nitrogen and oxygen atoms in total. The molecular formula is C20H26F2N2O2. The largest absolute Gasteiger partial charge is 0.381 e. The SMILES string of the molecule is Cc1[nH]c2c(F)cc(F)cc2c1CCN[C@H]1CCOC2(CCOCC2)C1. The second-order valence-electron chi connectivity index (χ2n) is 7.58. The average Bonchev–Trinajstić information content (AvgIpc) is 2.92. The first-order valence-corrected chi connectivity index (χ1v) is 9.48. The molecule has 0 saturated carbocycles. The predicted molar refractivity (Wildman–Crippen MR) is 96.4 cm³/mol. The molecule has 0 unspecified atom stereocenters. The van der Waals surface area contributed by atoms with Gasteiger partial charge in [0.15, 0.2) is 0 Å². The molecule has 4 rings (SSSR count). The molecule has 6 heteroatoms. The summed E-state index contributed by atoms with van der Waals surface area (Å²) in [5, 5.41) is 4.28. The number of nitrogens with one attached hydrogen (secondary N) is 2. The number of aryl methyl sites for hydroxylation is 1. The summed E-state index contributed by atoms with van der Waals surface area (Å²) >= 11 is 0. The first kappa shape index (κ1) is 17.9. The van der Waals surface area contributed by atoms with Gasteiger partial charge in [-0.1, -0.05) is 0 Å². The van der Waals surface area contributed by atoms with Gasteiger partial charge in [0.2, 0.25) is 0 Å². The molecule has 1 atom stereocenters. The number of fused-ring (bicyclic) bond motifs is 1. The van der Waals surface area contributed by atoms with Crippen molar-refractivity contribution in [1.82, 2.24) is 10.3 Å². The molecule has 2 fully saturated rings. The summed E-state index contributed by atoms with van der Waals surface area (Å²) < 4.78 is 39.1. The molecule has 2 saturated heterocycles. The number of H-pyrrole nitrogens is 1. The third kappa shape index (κ3) is 3.50. The molecule has 0 bridgehead atoms. The van der Waals surface area contributed by atoms with Crippen LogP contribution in [0.15, 0.2) is 12.1 Å². The van der Waals surface area contributed by atoms with Crippen molar-refractivity contribution in [2.24, 2.45) is 0 Å². The first-order chi connectivity index (χ1) is 12.6. The molecule has 0 radical (unpaired) electrons. The van der Waals surface area contributed by atoms with Crippen LogP contribution in [0, 0.1) is 18.6 Å². The minimum atomic E-state index is -0.534. The maximum Gasteiger partial charge on any atom is 0.150 e. The fourth-order valence-electron chi connectivity index (χ4n) is 4.42. The number of hydrogen-bond donors (Lipinski definition) is 2. The average molecular weight is 364 g/mol. The van der Waals surface area contributed by atoms with Gasteiger partial charge in [-0.05, 0) is 57.2 Å². The van der Waals surface area contributed by atoms with E-state index >= 15 is 0 Å². The smallest absolute Gasteiger partial charge is 0.150 e. The lowest BCUT2D eigenvalue weighted by atomic mass is 9.84. The Morgan fingerprint density at radius 2 is 2.04 bits per heavy atom. The van der Waals surface area contributed by atoms with Crippen molar-refractivity contribution >= 4 is 10.9 Å². The number of halogens is 2. The molecule has 26 heavy (non-hydrogen) atoms. The summed E-state index contributed by atoms with van der Waals surface area (Å²) in [6, 6.07) is 2.76. The van der Waals surface area contributed by atoms with Crippen LogP contribution in [0.4, 0.5) is 8.78 Å². The van der Waals surface area contributed by atoms with Gasteiger partial charge in [-0.2, -0.15) is 0 Å². The van der Waals surface area contributed by atoms with Gasteiger partial charge < -0.3 is 19.8 Å². The van der Waals surface area contributed by atoms with E-state index in [2.05, 4.69) is 10.3 Å². The highest BCUT2D eigenvalue weighted by Gasteiger charge is 2.38. The van der Waals surface area contributed by atoms with Crippen LogP contribution in [0.25, 0.3) is 10.9 Å². The summed E-state index contributed by atoms with van der Waals surface area (Å²) in [7, 11) is 0. The standard InChI is InChI=1S/C20H26F2N2O2/c1-13-16(17-10-14(21)11-18(22)19(17)24-13)2-6-23-15-3-7-26-20(12-15)4-8-25-9-5-20/h10-11,15,23-24H,2-9,12H2,1H3/t15-/m0/s1. The van der Waals surface area contributed by atoms with Crippen molar-refractivity contribution in [3.05, 3.63) is 35.0 Å². The molecule has 0 amide bonds. The molecule has 2 aliphatic rings. The second kappa shape index (κ2) is 7.25. The topological polar surface area (TPSA) is 46.3 Å². The fraction of sp³-hybridized carbons (Fsp3) is 0.600. The third-order valence-corrected chi connectivity index (χ3v) is 5.85. The lowest BCUT2D eigenvalue weighted by Gasteiger charge is -2.43. The molecule has 142 valence electrons. The Morgan fingerprint density at radius 1 is 1.23 bits per heavy atom. The Kier molecular flexibility index (Phi) is 4.99. The van der Waals surface area contributed by atoms with Crippen LogP contribution in [0.3, 0.4) is 0 Å². The van der Waals surface area contributed by atoms with E-state index < -0.39 is 11.6 Å². The van der Waals surface area contributed by atoms with Gasteiger partial charge in [0.05, 0.1) is 11.1 Å². The molecule has 1 spiro atoms. The Labute approximate surface area is 152 Å². The van der Waals surface area contributed by atoms with Gasteiger partial charge in [0, 0.05) is 43.0 Å². The fourth-order valence-corrected chi connectivity index (χ4v) is 4.42. The van der Waals surface area contributed by atoms with E-state index in [1.807, 2.05) is 6.92 Å². The van der Waals surface area contributed by atoms with Crippen LogP contribution in [-0.4, -0.2) is 43.0 Å². The molecule has 0 aliphatic carbocycles. The number of rotatable bonds is 4. The third-order valence-electron chi connectivity index (χ3n) is 5.85. The predicted octanol–water partition coefficient (Wildman–Crippen LogP) is 3.61. The Bertz CT molecular complexity index is 778. The van der Waals surface area contributed by atoms with E-state index in [-0.39, 0.29) is 5.60 Å². The normalized spacial score (nSPS) is 23.0. The van der Waals surface area contributed by atoms with Crippen molar-refractivity contribution in [2.75, 3.05) is 26.4 Å². The Morgan fingerprint density at radius 3 is 2.85 bits per heavy atom. The Balaban J connectivity index is 1.40. The zero-order valence-corrected chi connectivity index (χ0v) is 15.2. The first-order valence-electron chi connectivity index (χ1n) is 9.48. The van der Waals surface area contributed by atoms with Crippen molar-refractivity contribution in [2.45, 2.75) is 50.7 Å². The van der Waals surface area contributed by atoms with Crippen LogP contribution >= 0.6 is 0 Å². The quantitative estimate of drug-likeness (QED) is 0.871. The van der Waals surface area contributed by atoms with Gasteiger partial charge in [0.1, 0.15) is 11.6 Å². The minimum Gasteiger partial charge on any atom is -0.381 e. The lowest BCUT2D eigenvalue weighted by Crippen LogP contribution is -2.50. The summed E-state index contributed by atoms with van der Waals surface area (Å²) in [6.45, 7) is 5.03. The van der Waals surface area contributed by atoms with Crippen LogP contribution in [0.2, 0.25) is 0 Å². The monoisotopic (exact) mass is 364 g/mol. The van der Waals surface area contributed by atoms with E-state index in [9.17, 15) is 8.78 Å². The molecule has 2 N–H and O–H groups in total. The number of hydrogen-bond acceptors (Lipinski definition) is 3. The van der Waals surface area contributed by atoms with E-state index in [1.54, 1.807) is 0 Å². The number of ether oxygens (including phenoxy) is 2. The van der Waals surface area contributed by atoms with Gasteiger partial charge in [-0.15, -0.1) is 0 Å². The zero-order chi connectivity index (χ0) is 18.1. The van der Waals surface area contributed by atoms with Crippen molar-refractivity contribution in [3.8, 4) is 0 Å². The highest BCUT2D eigenvalue weighted by atomic mass is 19.1. The van der Waals surface area contributed by atoms with Gasteiger partial charge in [-0.25, -0.2) is 8.78 Å². The highest BCUT2D eigenvalue weighted by Crippen LogP contribution is 2.34. The van der Waals surface area contributed by atoms with Gasteiger partial charge in [-0.3, -0.25) is 0 Å².